The minimum absolute atomic E-state index is 0.832. The van der Waals surface area contributed by atoms with E-state index < -0.39 is 0 Å². The van der Waals surface area contributed by atoms with Crippen LogP contribution in [0.2, 0.25) is 0 Å². The van der Waals surface area contributed by atoms with Gasteiger partial charge in [0.05, 0.1) is 33.8 Å². The van der Waals surface area contributed by atoms with Crippen LogP contribution in [0.25, 0.3) is 55.8 Å². The molecule has 60 heavy (non-hydrogen) atoms. The van der Waals surface area contributed by atoms with Crippen LogP contribution in [-0.4, -0.2) is 9.97 Å². The predicted octanol–water partition coefficient (Wildman–Crippen LogP) is 15.2. The molecule has 1 heterocycles. The van der Waals surface area contributed by atoms with Crippen LogP contribution < -0.4 is 9.80 Å². The number of fused-ring (bicyclic) bond motifs is 1. The average Bonchev–Trinajstić information content (AvgIpc) is 3.33. The number of aromatic nitrogens is 2. The maximum atomic E-state index is 5.28. The first-order chi connectivity index (χ1) is 29.8. The van der Waals surface area contributed by atoms with Crippen molar-refractivity contribution in [2.45, 2.75) is 0 Å². The smallest absolute Gasteiger partial charge is 0.0973 e. The molecule has 4 nitrogen and oxygen atoms in total. The van der Waals surface area contributed by atoms with Crippen LogP contribution in [0.3, 0.4) is 0 Å². The number of para-hydroxylation sites is 6. The molecule has 0 aliphatic heterocycles. The summed E-state index contributed by atoms with van der Waals surface area (Å²) in [7, 11) is 0. The molecular formula is C56H40N4. The highest BCUT2D eigenvalue weighted by atomic mass is 15.1. The maximum Gasteiger partial charge on any atom is 0.0973 e. The van der Waals surface area contributed by atoms with Crippen molar-refractivity contribution in [3.05, 3.63) is 243 Å². The first-order valence-corrected chi connectivity index (χ1v) is 20.3. The van der Waals surface area contributed by atoms with Gasteiger partial charge in [-0.2, -0.15) is 0 Å². The van der Waals surface area contributed by atoms with E-state index >= 15 is 0 Å². The van der Waals surface area contributed by atoms with Crippen LogP contribution in [0.1, 0.15) is 0 Å². The number of hydrogen-bond donors (Lipinski definition) is 0. The highest BCUT2D eigenvalue weighted by molar-refractivity contribution is 5.92. The Balaban J connectivity index is 1.06. The number of nitrogens with zero attached hydrogens (tertiary/aromatic N) is 4. The van der Waals surface area contributed by atoms with E-state index in [1.807, 2.05) is 24.3 Å². The SMILES string of the molecule is c1ccc(-c2ccccc2N(c2ccccc2)c2ccc(-c3nc4ccccc4nc3-c3ccc(N(c4ccccc4)c4ccccc4-c4ccccc4)cc3)cc2)cc1. The van der Waals surface area contributed by atoms with Crippen LogP contribution in [0.5, 0.6) is 0 Å². The molecule has 10 aromatic rings. The lowest BCUT2D eigenvalue weighted by Crippen LogP contribution is -2.11. The molecular weight excluding hydrogens is 729 g/mol. The molecule has 4 heteroatoms. The second kappa shape index (κ2) is 16.4. The molecule has 0 amide bonds. The lowest BCUT2D eigenvalue weighted by atomic mass is 10.00. The minimum Gasteiger partial charge on any atom is -0.310 e. The van der Waals surface area contributed by atoms with E-state index in [0.29, 0.717) is 0 Å². The lowest BCUT2D eigenvalue weighted by molar-refractivity contribution is 1.26. The summed E-state index contributed by atoms with van der Waals surface area (Å²) in [6, 6.07) is 85.0. The monoisotopic (exact) mass is 768 g/mol. The van der Waals surface area contributed by atoms with Crippen LogP contribution in [0.4, 0.5) is 34.1 Å². The lowest BCUT2D eigenvalue weighted by Gasteiger charge is -2.28. The van der Waals surface area contributed by atoms with Gasteiger partial charge in [-0.05, 0) is 83.9 Å². The Kier molecular flexibility index (Phi) is 9.92. The summed E-state index contributed by atoms with van der Waals surface area (Å²) in [6.07, 6.45) is 0. The van der Waals surface area contributed by atoms with Gasteiger partial charge in [0.1, 0.15) is 0 Å². The normalized spacial score (nSPS) is 11.0. The Morgan fingerprint density at radius 2 is 0.533 bits per heavy atom. The molecule has 0 aliphatic rings. The van der Waals surface area contributed by atoms with Gasteiger partial charge in [-0.15, -0.1) is 0 Å². The molecule has 0 unspecified atom stereocenters. The zero-order valence-corrected chi connectivity index (χ0v) is 32.9. The van der Waals surface area contributed by atoms with E-state index in [0.717, 1.165) is 78.8 Å². The highest BCUT2D eigenvalue weighted by Crippen LogP contribution is 2.43. The summed E-state index contributed by atoms with van der Waals surface area (Å²) >= 11 is 0. The molecule has 10 rings (SSSR count). The Hall–Kier alpha value is -8.08. The maximum absolute atomic E-state index is 5.28. The van der Waals surface area contributed by atoms with E-state index in [9.17, 15) is 0 Å². The van der Waals surface area contributed by atoms with Crippen LogP contribution in [0.15, 0.2) is 243 Å². The topological polar surface area (TPSA) is 32.3 Å². The molecule has 0 atom stereocenters. The molecule has 0 radical (unpaired) electrons. The van der Waals surface area contributed by atoms with Gasteiger partial charge in [0.25, 0.3) is 0 Å². The van der Waals surface area contributed by atoms with Crippen molar-refractivity contribution in [2.24, 2.45) is 0 Å². The van der Waals surface area contributed by atoms with Crippen LogP contribution >= 0.6 is 0 Å². The fourth-order valence-electron chi connectivity index (χ4n) is 8.01. The number of hydrogen-bond acceptors (Lipinski definition) is 4. The van der Waals surface area contributed by atoms with E-state index in [2.05, 4.69) is 228 Å². The number of rotatable bonds is 10. The van der Waals surface area contributed by atoms with Gasteiger partial charge in [0.2, 0.25) is 0 Å². The quantitative estimate of drug-likeness (QED) is 0.139. The first-order valence-electron chi connectivity index (χ1n) is 20.3. The number of anilines is 6. The fraction of sp³-hybridized carbons (Fsp3) is 0. The van der Waals surface area contributed by atoms with E-state index in [4.69, 9.17) is 9.97 Å². The molecule has 0 fully saturated rings. The van der Waals surface area contributed by atoms with Crippen molar-refractivity contribution >= 4 is 45.2 Å². The highest BCUT2D eigenvalue weighted by Gasteiger charge is 2.20. The molecule has 1 aromatic heterocycles. The summed E-state index contributed by atoms with van der Waals surface area (Å²) < 4.78 is 0. The van der Waals surface area contributed by atoms with Gasteiger partial charge in [-0.3, -0.25) is 0 Å². The van der Waals surface area contributed by atoms with Crippen LogP contribution in [0, 0.1) is 0 Å². The molecule has 284 valence electrons. The van der Waals surface area contributed by atoms with Crippen molar-refractivity contribution in [1.29, 1.82) is 0 Å². The molecule has 0 saturated carbocycles. The van der Waals surface area contributed by atoms with E-state index in [-0.39, 0.29) is 0 Å². The van der Waals surface area contributed by atoms with Gasteiger partial charge in [-0.25, -0.2) is 9.97 Å². The van der Waals surface area contributed by atoms with Crippen molar-refractivity contribution in [1.82, 2.24) is 9.97 Å². The zero-order chi connectivity index (χ0) is 40.1. The third kappa shape index (κ3) is 7.19. The Morgan fingerprint density at radius 1 is 0.233 bits per heavy atom. The fourth-order valence-corrected chi connectivity index (χ4v) is 8.01. The van der Waals surface area contributed by atoms with Crippen LogP contribution in [-0.2, 0) is 0 Å². The Bertz CT molecular complexity index is 2800. The molecule has 0 aliphatic carbocycles. The summed E-state index contributed by atoms with van der Waals surface area (Å²) in [4.78, 5) is 15.2. The predicted molar refractivity (Wildman–Crippen MR) is 251 cm³/mol. The van der Waals surface area contributed by atoms with Gasteiger partial charge in [0, 0.05) is 45.0 Å². The van der Waals surface area contributed by atoms with Crippen molar-refractivity contribution in [3.8, 4) is 44.8 Å². The summed E-state index contributed by atoms with van der Waals surface area (Å²) in [5.41, 5.74) is 16.5. The average molecular weight is 769 g/mol. The molecule has 0 spiro atoms. The minimum atomic E-state index is 0.832. The molecule has 9 aromatic carbocycles. The molecule has 0 bridgehead atoms. The summed E-state index contributed by atoms with van der Waals surface area (Å²) in [6.45, 7) is 0. The second-order valence-electron chi connectivity index (χ2n) is 14.6. The van der Waals surface area contributed by atoms with Gasteiger partial charge < -0.3 is 9.80 Å². The van der Waals surface area contributed by atoms with Gasteiger partial charge in [-0.1, -0.05) is 170 Å². The van der Waals surface area contributed by atoms with Gasteiger partial charge in [0.15, 0.2) is 0 Å². The van der Waals surface area contributed by atoms with Crippen molar-refractivity contribution in [2.75, 3.05) is 9.80 Å². The third-order valence-corrected chi connectivity index (χ3v) is 10.9. The van der Waals surface area contributed by atoms with Gasteiger partial charge >= 0.3 is 0 Å². The van der Waals surface area contributed by atoms with E-state index in [1.165, 1.54) is 11.1 Å². The first kappa shape index (κ1) is 36.3. The second-order valence-corrected chi connectivity index (χ2v) is 14.6. The Labute approximate surface area is 351 Å². The largest absolute Gasteiger partial charge is 0.310 e. The van der Waals surface area contributed by atoms with Crippen molar-refractivity contribution < 1.29 is 0 Å². The standard InChI is InChI=1S/C56H40N4/c1-5-19-41(20-6-1)49-27-13-17-31-53(49)59(45-23-9-3-10-24-45)47-37-33-43(34-38-47)55-56(58-52-30-16-15-29-51(52)57-55)44-35-39-48(40-36-44)60(46-25-11-4-12-26-46)54-32-18-14-28-50(54)42-21-7-2-8-22-42/h1-40H. The third-order valence-electron chi connectivity index (χ3n) is 10.9. The summed E-state index contributed by atoms with van der Waals surface area (Å²) in [5.74, 6) is 0. The Morgan fingerprint density at radius 3 is 0.917 bits per heavy atom. The number of benzene rings is 9. The molecule has 0 saturated heterocycles. The van der Waals surface area contributed by atoms with Crippen molar-refractivity contribution in [3.63, 3.8) is 0 Å². The van der Waals surface area contributed by atoms with E-state index in [1.54, 1.807) is 0 Å². The summed E-state index contributed by atoms with van der Waals surface area (Å²) in [5, 5.41) is 0. The molecule has 0 N–H and O–H groups in total. The zero-order valence-electron chi connectivity index (χ0n) is 32.9.